The summed E-state index contributed by atoms with van der Waals surface area (Å²) in [6.07, 6.45) is 6.61. The summed E-state index contributed by atoms with van der Waals surface area (Å²) in [5.41, 5.74) is 0.887. The number of carbonyl (C=O) groups excluding carboxylic acids is 1. The van der Waals surface area contributed by atoms with Crippen molar-refractivity contribution in [1.82, 2.24) is 0 Å². The molecule has 3 nitrogen and oxygen atoms in total. The third-order valence-corrected chi connectivity index (χ3v) is 5.39. The lowest BCUT2D eigenvalue weighted by Crippen LogP contribution is -2.20. The minimum atomic E-state index is -1.76. The molecule has 3 rings (SSSR count). The van der Waals surface area contributed by atoms with Gasteiger partial charge in [0.15, 0.2) is 11.6 Å². The van der Waals surface area contributed by atoms with Gasteiger partial charge in [0.25, 0.3) is 0 Å². The molecule has 0 aromatic heterocycles. The molecule has 0 amide bonds. The maximum absolute atomic E-state index is 13.7. The second kappa shape index (κ2) is 10.1. The average molecular weight is 424 g/mol. The van der Waals surface area contributed by atoms with Crippen molar-refractivity contribution in [3.05, 3.63) is 64.7 Å². The Labute approximate surface area is 173 Å². The van der Waals surface area contributed by atoms with E-state index in [1.807, 2.05) is 0 Å². The van der Waals surface area contributed by atoms with E-state index >= 15 is 0 Å². The summed E-state index contributed by atoms with van der Waals surface area (Å²) in [7, 11) is 0. The molecule has 1 heterocycles. The molecule has 1 aliphatic heterocycles. The van der Waals surface area contributed by atoms with Crippen LogP contribution in [0, 0.1) is 29.2 Å². The largest absolute Gasteiger partial charge is 0.416 e. The first-order valence-electron chi connectivity index (χ1n) is 10.2. The van der Waals surface area contributed by atoms with Gasteiger partial charge in [-0.2, -0.15) is 8.78 Å². The molecule has 1 aliphatic rings. The number of carbonyl (C=O) groups is 1. The average Bonchev–Trinajstić information content (AvgIpc) is 2.76. The van der Waals surface area contributed by atoms with Gasteiger partial charge in [0.05, 0.1) is 11.7 Å². The summed E-state index contributed by atoms with van der Waals surface area (Å²) in [5.74, 6) is -8.73. The molecule has 2 aromatic carbocycles. The normalized spacial score (nSPS) is 19.0. The molecule has 0 N–H and O–H groups in total. The van der Waals surface area contributed by atoms with Crippen LogP contribution in [0.4, 0.5) is 17.6 Å². The molecule has 2 atom stereocenters. The van der Waals surface area contributed by atoms with Gasteiger partial charge in [-0.3, -0.25) is 0 Å². The predicted octanol–water partition coefficient (Wildman–Crippen LogP) is 6.51. The van der Waals surface area contributed by atoms with Crippen molar-refractivity contribution < 1.29 is 31.8 Å². The number of rotatable bonds is 7. The highest BCUT2D eigenvalue weighted by Crippen LogP contribution is 2.34. The summed E-state index contributed by atoms with van der Waals surface area (Å²) < 4.78 is 64.4. The highest BCUT2D eigenvalue weighted by Gasteiger charge is 2.25. The van der Waals surface area contributed by atoms with Crippen molar-refractivity contribution in [2.75, 3.05) is 6.61 Å². The van der Waals surface area contributed by atoms with Crippen LogP contribution < -0.4 is 4.74 Å². The molecule has 1 saturated heterocycles. The zero-order chi connectivity index (χ0) is 21.7. The number of esters is 1. The van der Waals surface area contributed by atoms with Crippen molar-refractivity contribution in [1.29, 1.82) is 0 Å². The standard InChI is InChI=1S/C23H24F4O3/c1-2-3-4-5-14-10-11-29-19(12-14)15-6-8-16(9-7-15)23(28)30-22-20(26)17(24)13-18(25)21(22)27/h6-9,13-14,19H,2-5,10-12H2,1H3. The van der Waals surface area contributed by atoms with Crippen molar-refractivity contribution in [2.45, 2.75) is 51.6 Å². The van der Waals surface area contributed by atoms with E-state index in [1.54, 1.807) is 12.1 Å². The van der Waals surface area contributed by atoms with Crippen molar-refractivity contribution in [3.8, 4) is 5.75 Å². The molecule has 0 saturated carbocycles. The van der Waals surface area contributed by atoms with Gasteiger partial charge in [0, 0.05) is 12.7 Å². The Morgan fingerprint density at radius 3 is 2.37 bits per heavy atom. The first kappa shape index (κ1) is 22.3. The van der Waals surface area contributed by atoms with Crippen molar-refractivity contribution in [2.24, 2.45) is 5.92 Å². The number of hydrogen-bond donors (Lipinski definition) is 0. The Balaban J connectivity index is 1.66. The quantitative estimate of drug-likeness (QED) is 0.167. The fourth-order valence-electron chi connectivity index (χ4n) is 3.67. The first-order valence-corrected chi connectivity index (χ1v) is 10.2. The van der Waals surface area contributed by atoms with Crippen LogP contribution in [0.2, 0.25) is 0 Å². The molecule has 2 aromatic rings. The number of benzene rings is 2. The van der Waals surface area contributed by atoms with Gasteiger partial charge >= 0.3 is 5.97 Å². The Morgan fingerprint density at radius 2 is 1.73 bits per heavy atom. The van der Waals surface area contributed by atoms with Gasteiger partial charge in [-0.1, -0.05) is 44.7 Å². The van der Waals surface area contributed by atoms with Crippen LogP contribution in [0.25, 0.3) is 0 Å². The van der Waals surface area contributed by atoms with E-state index in [-0.39, 0.29) is 17.7 Å². The highest BCUT2D eigenvalue weighted by atomic mass is 19.2. The topological polar surface area (TPSA) is 35.5 Å². The molecule has 0 bridgehead atoms. The molecule has 0 radical (unpaired) electrons. The molecule has 0 aliphatic carbocycles. The van der Waals surface area contributed by atoms with Gasteiger partial charge in [-0.05, 0) is 36.5 Å². The molecule has 1 fully saturated rings. The Bertz CT molecular complexity index is 857. The van der Waals surface area contributed by atoms with E-state index in [0.29, 0.717) is 12.5 Å². The van der Waals surface area contributed by atoms with Crippen LogP contribution >= 0.6 is 0 Å². The van der Waals surface area contributed by atoms with E-state index in [4.69, 9.17) is 4.74 Å². The van der Waals surface area contributed by atoms with Gasteiger partial charge in [-0.25, -0.2) is 13.6 Å². The minimum Gasteiger partial charge on any atom is -0.416 e. The smallest absolute Gasteiger partial charge is 0.343 e. The second-order valence-corrected chi connectivity index (χ2v) is 7.55. The second-order valence-electron chi connectivity index (χ2n) is 7.55. The summed E-state index contributed by atoms with van der Waals surface area (Å²) in [6.45, 7) is 2.85. The van der Waals surface area contributed by atoms with Crippen molar-refractivity contribution in [3.63, 3.8) is 0 Å². The fraction of sp³-hybridized carbons (Fsp3) is 0.435. The zero-order valence-corrected chi connectivity index (χ0v) is 16.7. The maximum Gasteiger partial charge on any atom is 0.343 e. The summed E-state index contributed by atoms with van der Waals surface area (Å²) >= 11 is 0. The first-order chi connectivity index (χ1) is 14.4. The number of hydrogen-bond acceptors (Lipinski definition) is 3. The molecule has 0 spiro atoms. The lowest BCUT2D eigenvalue weighted by atomic mass is 9.88. The van der Waals surface area contributed by atoms with Crippen LogP contribution in [0.15, 0.2) is 30.3 Å². The van der Waals surface area contributed by atoms with Crippen molar-refractivity contribution >= 4 is 5.97 Å². The molecular weight excluding hydrogens is 400 g/mol. The summed E-state index contributed by atoms with van der Waals surface area (Å²) in [4.78, 5) is 12.2. The number of unbranched alkanes of at least 4 members (excludes halogenated alkanes) is 2. The Kier molecular flexibility index (Phi) is 7.48. The Morgan fingerprint density at radius 1 is 1.07 bits per heavy atom. The van der Waals surface area contributed by atoms with Gasteiger partial charge < -0.3 is 9.47 Å². The van der Waals surface area contributed by atoms with E-state index in [1.165, 1.54) is 37.8 Å². The third-order valence-electron chi connectivity index (χ3n) is 5.39. The fourth-order valence-corrected chi connectivity index (χ4v) is 3.67. The third kappa shape index (κ3) is 5.19. The molecule has 30 heavy (non-hydrogen) atoms. The SMILES string of the molecule is CCCCCC1CCOC(c2ccc(C(=O)Oc3c(F)c(F)cc(F)c3F)cc2)C1. The monoisotopic (exact) mass is 424 g/mol. The van der Waals surface area contributed by atoms with Crippen LogP contribution in [-0.2, 0) is 4.74 Å². The molecular formula is C23H24F4O3. The summed E-state index contributed by atoms with van der Waals surface area (Å²) in [6, 6.07) is 6.31. The molecule has 7 heteroatoms. The summed E-state index contributed by atoms with van der Waals surface area (Å²) in [5, 5.41) is 0. The molecule has 162 valence electrons. The van der Waals surface area contributed by atoms with Gasteiger partial charge in [0.2, 0.25) is 17.4 Å². The maximum atomic E-state index is 13.7. The lowest BCUT2D eigenvalue weighted by molar-refractivity contribution is -0.0125. The van der Waals surface area contributed by atoms with E-state index in [2.05, 4.69) is 11.7 Å². The lowest BCUT2D eigenvalue weighted by Gasteiger charge is -2.30. The van der Waals surface area contributed by atoms with Crippen LogP contribution in [0.5, 0.6) is 5.75 Å². The van der Waals surface area contributed by atoms with E-state index in [9.17, 15) is 22.4 Å². The highest BCUT2D eigenvalue weighted by molar-refractivity contribution is 5.91. The Hall–Kier alpha value is -2.41. The predicted molar refractivity (Wildman–Crippen MR) is 103 cm³/mol. The zero-order valence-electron chi connectivity index (χ0n) is 16.7. The number of ether oxygens (including phenoxy) is 2. The van der Waals surface area contributed by atoms with E-state index in [0.717, 1.165) is 18.4 Å². The molecule has 2 unspecified atom stereocenters. The van der Waals surface area contributed by atoms with Gasteiger partial charge in [0.1, 0.15) is 0 Å². The van der Waals surface area contributed by atoms with E-state index < -0.39 is 35.0 Å². The van der Waals surface area contributed by atoms with Crippen LogP contribution in [0.3, 0.4) is 0 Å². The number of halogens is 4. The van der Waals surface area contributed by atoms with Crippen LogP contribution in [0.1, 0.15) is 67.5 Å². The van der Waals surface area contributed by atoms with Crippen LogP contribution in [-0.4, -0.2) is 12.6 Å². The van der Waals surface area contributed by atoms with Gasteiger partial charge in [-0.15, -0.1) is 0 Å². The minimum absolute atomic E-state index is 0.00229.